The number of benzene rings is 2. The maximum Gasteiger partial charge on any atom is 0.0234 e. The van der Waals surface area contributed by atoms with E-state index in [-0.39, 0.29) is 12.4 Å². The molecule has 3 saturated heterocycles. The van der Waals surface area contributed by atoms with E-state index in [1.54, 1.807) is 0 Å². The van der Waals surface area contributed by atoms with Gasteiger partial charge in [-0.15, -0.1) is 12.4 Å². The molecule has 3 heterocycles. The Hall–Kier alpha value is -1.75. The lowest BCUT2D eigenvalue weighted by Crippen LogP contribution is -2.38. The highest BCUT2D eigenvalue weighted by Crippen LogP contribution is 2.14. The fourth-order valence-electron chi connectivity index (χ4n) is 8.29. The lowest BCUT2D eigenvalue weighted by Gasteiger charge is -2.29. The van der Waals surface area contributed by atoms with Gasteiger partial charge in [0.2, 0.25) is 0 Å². The van der Waals surface area contributed by atoms with Crippen molar-refractivity contribution < 1.29 is 0 Å². The van der Waals surface area contributed by atoms with Crippen molar-refractivity contribution in [2.45, 2.75) is 64.7 Å². The van der Waals surface area contributed by atoms with E-state index in [2.05, 4.69) is 111 Å². The minimum absolute atomic E-state index is 0. The van der Waals surface area contributed by atoms with Crippen molar-refractivity contribution >= 4 is 12.4 Å². The predicted octanol–water partition coefficient (Wildman–Crippen LogP) is 2.11. The van der Waals surface area contributed by atoms with Crippen LogP contribution in [0.4, 0.5) is 0 Å². The summed E-state index contributed by atoms with van der Waals surface area (Å²) in [6.07, 6.45) is 7.10. The van der Waals surface area contributed by atoms with E-state index < -0.39 is 0 Å². The molecule has 8 N–H and O–H groups in total. The predicted molar refractivity (Wildman–Crippen MR) is 252 cm³/mol. The highest BCUT2D eigenvalue weighted by atomic mass is 35.5. The molecule has 12 nitrogen and oxygen atoms in total. The van der Waals surface area contributed by atoms with Gasteiger partial charge in [0.05, 0.1) is 0 Å². The highest BCUT2D eigenvalue weighted by molar-refractivity contribution is 5.85. The van der Waals surface area contributed by atoms with E-state index in [0.717, 1.165) is 183 Å². The van der Waals surface area contributed by atoms with Crippen molar-refractivity contribution in [2.24, 2.45) is 0 Å². The fraction of sp³-hybridized carbons (Fsp3) is 0.739. The Balaban J connectivity index is 0.00000769. The molecular formula is C46H85ClN12. The van der Waals surface area contributed by atoms with Crippen LogP contribution in [0.3, 0.4) is 0 Å². The molecule has 5 rings (SSSR count). The van der Waals surface area contributed by atoms with Crippen LogP contribution in [0.25, 0.3) is 0 Å². The summed E-state index contributed by atoms with van der Waals surface area (Å²) in [6, 6.07) is 19.1. The van der Waals surface area contributed by atoms with E-state index in [4.69, 9.17) is 0 Å². The van der Waals surface area contributed by atoms with E-state index >= 15 is 0 Å². The van der Waals surface area contributed by atoms with Gasteiger partial charge in [-0.3, -0.25) is 19.6 Å². The van der Waals surface area contributed by atoms with E-state index in [9.17, 15) is 0 Å². The molecule has 0 unspecified atom stereocenters. The summed E-state index contributed by atoms with van der Waals surface area (Å²) < 4.78 is 0. The van der Waals surface area contributed by atoms with Crippen LogP contribution in [-0.4, -0.2) is 177 Å². The largest absolute Gasteiger partial charge is 0.315 e. The van der Waals surface area contributed by atoms with Gasteiger partial charge in [0.1, 0.15) is 0 Å². The van der Waals surface area contributed by atoms with Crippen molar-refractivity contribution in [1.29, 1.82) is 0 Å². The quantitative estimate of drug-likeness (QED) is 0.200. The van der Waals surface area contributed by atoms with Gasteiger partial charge in [-0.1, -0.05) is 48.5 Å². The molecule has 0 radical (unpaired) electrons. The monoisotopic (exact) mass is 841 g/mol. The maximum absolute atomic E-state index is 3.67. The van der Waals surface area contributed by atoms with Gasteiger partial charge < -0.3 is 42.5 Å². The van der Waals surface area contributed by atoms with Crippen molar-refractivity contribution in [1.82, 2.24) is 62.1 Å². The first-order chi connectivity index (χ1) is 28.8. The second-order valence-electron chi connectivity index (χ2n) is 16.9. The minimum Gasteiger partial charge on any atom is -0.315 e. The third kappa shape index (κ3) is 23.3. The molecule has 3 fully saturated rings. The SMILES string of the molecule is Cl.c1cc(CN2CCCNCCNCCCN(Cc3ccc(CN4CCCNCCNCCCNCC4)cc3)CC2)ccc1CN1CCCNCCNCCCNCC1. The maximum atomic E-state index is 3.67. The van der Waals surface area contributed by atoms with Crippen LogP contribution in [0.1, 0.15) is 60.8 Å². The molecule has 2 aromatic rings. The summed E-state index contributed by atoms with van der Waals surface area (Å²) in [7, 11) is 0. The molecule has 0 amide bonds. The first-order valence-corrected chi connectivity index (χ1v) is 23.5. The van der Waals surface area contributed by atoms with Crippen molar-refractivity contribution in [3.63, 3.8) is 0 Å². The molecule has 0 spiro atoms. The van der Waals surface area contributed by atoms with Crippen LogP contribution in [0, 0.1) is 0 Å². The Bertz CT molecular complexity index is 1150. The topological polar surface area (TPSA) is 109 Å². The lowest BCUT2D eigenvalue weighted by atomic mass is 10.1. The fourth-order valence-corrected chi connectivity index (χ4v) is 8.29. The highest BCUT2D eigenvalue weighted by Gasteiger charge is 2.14. The van der Waals surface area contributed by atoms with E-state index in [1.807, 2.05) is 0 Å². The molecule has 3 aliphatic heterocycles. The van der Waals surface area contributed by atoms with Crippen LogP contribution in [0.15, 0.2) is 48.5 Å². The Morgan fingerprint density at radius 3 is 0.746 bits per heavy atom. The second kappa shape index (κ2) is 32.9. The van der Waals surface area contributed by atoms with Gasteiger partial charge in [0.15, 0.2) is 0 Å². The zero-order valence-corrected chi connectivity index (χ0v) is 37.7. The molecular weight excluding hydrogens is 756 g/mol. The number of hydrogen-bond acceptors (Lipinski definition) is 12. The van der Waals surface area contributed by atoms with Crippen molar-refractivity contribution in [2.75, 3.05) is 157 Å². The minimum atomic E-state index is 0. The van der Waals surface area contributed by atoms with Gasteiger partial charge in [0.25, 0.3) is 0 Å². The van der Waals surface area contributed by atoms with Crippen molar-refractivity contribution in [3.05, 3.63) is 70.8 Å². The lowest BCUT2D eigenvalue weighted by molar-refractivity contribution is 0.189. The Morgan fingerprint density at radius 1 is 0.254 bits per heavy atom. The first kappa shape index (κ1) is 49.9. The zero-order valence-electron chi connectivity index (χ0n) is 36.9. The Morgan fingerprint density at radius 2 is 0.475 bits per heavy atom. The molecule has 13 heteroatoms. The number of nitrogens with zero attached hydrogens (tertiary/aromatic N) is 4. The summed E-state index contributed by atoms with van der Waals surface area (Å²) in [5.74, 6) is 0. The molecule has 0 aliphatic carbocycles. The molecule has 59 heavy (non-hydrogen) atoms. The molecule has 0 atom stereocenters. The average Bonchev–Trinajstić information content (AvgIpc) is 3.24. The third-order valence-electron chi connectivity index (χ3n) is 11.8. The molecule has 0 saturated carbocycles. The van der Waals surface area contributed by atoms with Crippen molar-refractivity contribution in [3.8, 4) is 0 Å². The van der Waals surface area contributed by atoms with Gasteiger partial charge in [0, 0.05) is 105 Å². The van der Waals surface area contributed by atoms with Gasteiger partial charge in [-0.2, -0.15) is 0 Å². The average molecular weight is 842 g/mol. The summed E-state index contributed by atoms with van der Waals surface area (Å²) >= 11 is 0. The number of halogens is 1. The smallest absolute Gasteiger partial charge is 0.0234 e. The normalized spacial score (nSPS) is 22.2. The third-order valence-corrected chi connectivity index (χ3v) is 11.8. The van der Waals surface area contributed by atoms with Gasteiger partial charge in [-0.05, 0) is 139 Å². The molecule has 0 aromatic heterocycles. The Kier molecular flexibility index (Phi) is 27.8. The zero-order chi connectivity index (χ0) is 40.0. The van der Waals surface area contributed by atoms with Crippen LogP contribution in [0.5, 0.6) is 0 Å². The van der Waals surface area contributed by atoms with Crippen LogP contribution >= 0.6 is 12.4 Å². The number of rotatable bonds is 8. The summed E-state index contributed by atoms with van der Waals surface area (Å²) in [5, 5.41) is 29.0. The van der Waals surface area contributed by atoms with Crippen LogP contribution in [0.2, 0.25) is 0 Å². The first-order valence-electron chi connectivity index (χ1n) is 23.5. The standard InChI is InChI=1S/C46H84N12.ClH/c1-15-47-23-25-49-19-3-31-55(35-29-53-17-1)39-43-7-11-45(12-8-43)41-57-33-5-21-51-27-28-52-22-6-34-58(38-37-57)42-46-13-9-44(10-14-46)40-56-32-4-20-50-26-24-48-16-2-18-54-30-36-56;/h7-14,47-54H,1-6,15-42H2;1H. The number of nitrogens with one attached hydrogen (secondary N) is 8. The molecule has 336 valence electrons. The van der Waals surface area contributed by atoms with Crippen LogP contribution in [-0.2, 0) is 26.2 Å². The van der Waals surface area contributed by atoms with Gasteiger partial charge in [-0.25, -0.2) is 0 Å². The molecule has 2 aromatic carbocycles. The molecule has 3 aliphatic rings. The van der Waals surface area contributed by atoms with E-state index in [0.29, 0.717) is 0 Å². The molecule has 0 bridgehead atoms. The Labute approximate surface area is 365 Å². The second-order valence-corrected chi connectivity index (χ2v) is 16.9. The number of hydrogen-bond donors (Lipinski definition) is 8. The van der Waals surface area contributed by atoms with E-state index in [1.165, 1.54) is 60.8 Å². The summed E-state index contributed by atoms with van der Waals surface area (Å²) in [4.78, 5) is 10.7. The van der Waals surface area contributed by atoms with Crippen LogP contribution < -0.4 is 42.5 Å². The van der Waals surface area contributed by atoms with Gasteiger partial charge >= 0.3 is 0 Å². The summed E-state index contributed by atoms with van der Waals surface area (Å²) in [5.41, 5.74) is 5.71. The summed E-state index contributed by atoms with van der Waals surface area (Å²) in [6.45, 7) is 30.1.